The number of β-amino-alcohol motifs (C(OH)–C–C–N with tert-alkyl or cyclic N) is 1. The van der Waals surface area contributed by atoms with Crippen molar-refractivity contribution in [3.63, 3.8) is 0 Å². The van der Waals surface area contributed by atoms with E-state index in [9.17, 15) is 9.90 Å². The zero-order chi connectivity index (χ0) is 16.9. The maximum absolute atomic E-state index is 12.5. The van der Waals surface area contributed by atoms with E-state index in [1.54, 1.807) is 0 Å². The van der Waals surface area contributed by atoms with Crippen LogP contribution in [0.4, 0.5) is 0 Å². The van der Waals surface area contributed by atoms with Gasteiger partial charge in [0, 0.05) is 39.3 Å². The fraction of sp³-hybridized carbons (Fsp3) is 0.632. The van der Waals surface area contributed by atoms with Crippen LogP contribution in [0.5, 0.6) is 0 Å². The van der Waals surface area contributed by atoms with Crippen LogP contribution in [0.15, 0.2) is 24.3 Å². The van der Waals surface area contributed by atoms with E-state index in [-0.39, 0.29) is 12.0 Å². The van der Waals surface area contributed by atoms with Crippen molar-refractivity contribution in [3.05, 3.63) is 35.4 Å². The van der Waals surface area contributed by atoms with Crippen molar-refractivity contribution in [2.24, 2.45) is 0 Å². The quantitative estimate of drug-likeness (QED) is 0.897. The van der Waals surface area contributed by atoms with Gasteiger partial charge in [-0.05, 0) is 31.9 Å². The maximum Gasteiger partial charge on any atom is 0.236 e. The second-order valence-corrected chi connectivity index (χ2v) is 7.18. The topological polar surface area (TPSA) is 47.0 Å². The lowest BCUT2D eigenvalue weighted by Gasteiger charge is -2.37. The van der Waals surface area contributed by atoms with Crippen LogP contribution in [0.1, 0.15) is 24.0 Å². The molecule has 2 fully saturated rings. The fourth-order valence-corrected chi connectivity index (χ4v) is 3.69. The van der Waals surface area contributed by atoms with Crippen molar-refractivity contribution in [3.8, 4) is 0 Å². The van der Waals surface area contributed by atoms with Gasteiger partial charge in [0.1, 0.15) is 0 Å². The number of carbonyl (C=O) groups is 1. The number of nitrogens with zero attached hydrogens (tertiary/aromatic N) is 3. The first-order chi connectivity index (χ1) is 11.6. The van der Waals surface area contributed by atoms with Crippen LogP contribution >= 0.6 is 0 Å². The molecule has 0 bridgehead atoms. The number of piperazine rings is 1. The summed E-state index contributed by atoms with van der Waals surface area (Å²) < 4.78 is 0. The summed E-state index contributed by atoms with van der Waals surface area (Å²) in [5, 5.41) is 9.72. The molecular weight excluding hydrogens is 302 g/mol. The molecule has 1 N–H and O–H groups in total. The average molecular weight is 331 g/mol. The van der Waals surface area contributed by atoms with Gasteiger partial charge in [0.15, 0.2) is 0 Å². The zero-order valence-corrected chi connectivity index (χ0v) is 14.7. The highest BCUT2D eigenvalue weighted by Gasteiger charge is 2.25. The Bertz CT molecular complexity index is 555. The van der Waals surface area contributed by atoms with E-state index in [0.717, 1.165) is 52.1 Å². The van der Waals surface area contributed by atoms with Crippen molar-refractivity contribution < 1.29 is 9.90 Å². The molecule has 0 radical (unpaired) electrons. The van der Waals surface area contributed by atoms with Crippen LogP contribution < -0.4 is 0 Å². The minimum atomic E-state index is -0.266. The summed E-state index contributed by atoms with van der Waals surface area (Å²) in [6.45, 7) is 8.58. The number of aryl methyl sites for hydroxylation is 1. The fourth-order valence-electron chi connectivity index (χ4n) is 3.69. The number of benzene rings is 1. The predicted octanol–water partition coefficient (Wildman–Crippen LogP) is 1.10. The molecule has 0 spiro atoms. The summed E-state index contributed by atoms with van der Waals surface area (Å²) in [7, 11) is 0. The minimum Gasteiger partial charge on any atom is -0.392 e. The smallest absolute Gasteiger partial charge is 0.236 e. The zero-order valence-electron chi connectivity index (χ0n) is 14.7. The normalized spacial score (nSPS) is 23.4. The molecule has 0 aromatic heterocycles. The molecule has 3 rings (SSSR count). The average Bonchev–Trinajstić information content (AvgIpc) is 2.55. The molecular formula is C19H29N3O2. The van der Waals surface area contributed by atoms with Crippen molar-refractivity contribution in [2.45, 2.75) is 32.4 Å². The Morgan fingerprint density at radius 1 is 1.17 bits per heavy atom. The molecule has 5 heteroatoms. The van der Waals surface area contributed by atoms with Gasteiger partial charge in [-0.1, -0.05) is 29.8 Å². The third kappa shape index (κ3) is 4.79. The van der Waals surface area contributed by atoms with E-state index in [4.69, 9.17) is 0 Å². The third-order valence-corrected chi connectivity index (χ3v) is 5.05. The Balaban J connectivity index is 1.43. The van der Waals surface area contributed by atoms with Gasteiger partial charge in [0.25, 0.3) is 0 Å². The molecule has 2 saturated heterocycles. The molecule has 1 unspecified atom stereocenters. The van der Waals surface area contributed by atoms with E-state index >= 15 is 0 Å². The standard InChI is InChI=1S/C19H29N3O2/c1-16-4-2-5-17(12-16)13-20-8-10-22(11-9-20)19(24)15-21-7-3-6-18(23)14-21/h2,4-5,12,18,23H,3,6-11,13-15H2,1H3. The minimum absolute atomic E-state index is 0.208. The van der Waals surface area contributed by atoms with Crippen LogP contribution in [-0.2, 0) is 11.3 Å². The second-order valence-electron chi connectivity index (χ2n) is 7.18. The molecule has 0 aliphatic carbocycles. The Hall–Kier alpha value is -1.43. The van der Waals surface area contributed by atoms with Crippen molar-refractivity contribution in [2.75, 3.05) is 45.8 Å². The van der Waals surface area contributed by atoms with Gasteiger partial charge in [-0.25, -0.2) is 0 Å². The Morgan fingerprint density at radius 2 is 1.96 bits per heavy atom. The molecule has 132 valence electrons. The van der Waals surface area contributed by atoms with Gasteiger partial charge < -0.3 is 10.0 Å². The van der Waals surface area contributed by atoms with Gasteiger partial charge in [-0.3, -0.25) is 14.6 Å². The number of aliphatic hydroxyl groups is 1. The molecule has 2 aliphatic rings. The van der Waals surface area contributed by atoms with Crippen molar-refractivity contribution in [1.29, 1.82) is 0 Å². The summed E-state index contributed by atoms with van der Waals surface area (Å²) in [6, 6.07) is 8.64. The molecule has 1 aromatic rings. The summed E-state index contributed by atoms with van der Waals surface area (Å²) in [4.78, 5) is 19.0. The molecule has 1 atom stereocenters. The first-order valence-electron chi connectivity index (χ1n) is 9.06. The van der Waals surface area contributed by atoms with E-state index in [2.05, 4.69) is 41.0 Å². The van der Waals surface area contributed by atoms with Gasteiger partial charge in [-0.2, -0.15) is 0 Å². The van der Waals surface area contributed by atoms with Gasteiger partial charge in [0.2, 0.25) is 5.91 Å². The van der Waals surface area contributed by atoms with Gasteiger partial charge in [0.05, 0.1) is 12.6 Å². The lowest BCUT2D eigenvalue weighted by Crippen LogP contribution is -2.52. The molecule has 0 saturated carbocycles. The van der Waals surface area contributed by atoms with Crippen LogP contribution in [-0.4, -0.2) is 77.6 Å². The largest absolute Gasteiger partial charge is 0.392 e. The Labute approximate surface area is 144 Å². The summed E-state index contributed by atoms with van der Waals surface area (Å²) in [5.74, 6) is 0.208. The summed E-state index contributed by atoms with van der Waals surface area (Å²) in [6.07, 6.45) is 1.58. The summed E-state index contributed by atoms with van der Waals surface area (Å²) in [5.41, 5.74) is 2.64. The Kier molecular flexibility index (Phi) is 5.87. The molecule has 1 aromatic carbocycles. The molecule has 2 heterocycles. The predicted molar refractivity (Wildman–Crippen MR) is 94.7 cm³/mol. The highest BCUT2D eigenvalue weighted by Crippen LogP contribution is 2.12. The number of amides is 1. The Morgan fingerprint density at radius 3 is 2.67 bits per heavy atom. The number of piperidine rings is 1. The van der Waals surface area contributed by atoms with Crippen molar-refractivity contribution >= 4 is 5.91 Å². The number of carbonyl (C=O) groups excluding carboxylic acids is 1. The first kappa shape index (κ1) is 17.4. The number of aliphatic hydroxyl groups excluding tert-OH is 1. The third-order valence-electron chi connectivity index (χ3n) is 5.05. The lowest BCUT2D eigenvalue weighted by molar-refractivity contribution is -0.134. The molecule has 1 amide bonds. The molecule has 24 heavy (non-hydrogen) atoms. The second kappa shape index (κ2) is 8.10. The van der Waals surface area contributed by atoms with Crippen LogP contribution in [0.25, 0.3) is 0 Å². The monoisotopic (exact) mass is 331 g/mol. The molecule has 5 nitrogen and oxygen atoms in total. The van der Waals surface area contributed by atoms with Gasteiger partial charge >= 0.3 is 0 Å². The van der Waals surface area contributed by atoms with Crippen LogP contribution in [0.2, 0.25) is 0 Å². The van der Waals surface area contributed by atoms with Crippen molar-refractivity contribution in [1.82, 2.24) is 14.7 Å². The lowest BCUT2D eigenvalue weighted by atomic mass is 10.1. The number of hydrogen-bond donors (Lipinski definition) is 1. The van der Waals surface area contributed by atoms with E-state index in [1.807, 2.05) is 4.90 Å². The van der Waals surface area contributed by atoms with E-state index in [0.29, 0.717) is 13.1 Å². The number of hydrogen-bond acceptors (Lipinski definition) is 4. The number of rotatable bonds is 4. The SMILES string of the molecule is Cc1cccc(CN2CCN(C(=O)CN3CCCC(O)C3)CC2)c1. The van der Waals surface area contributed by atoms with E-state index in [1.165, 1.54) is 11.1 Å². The molecule has 2 aliphatic heterocycles. The summed E-state index contributed by atoms with van der Waals surface area (Å²) >= 11 is 0. The van der Waals surface area contributed by atoms with Gasteiger partial charge in [-0.15, -0.1) is 0 Å². The highest BCUT2D eigenvalue weighted by atomic mass is 16.3. The first-order valence-corrected chi connectivity index (χ1v) is 9.06. The van der Waals surface area contributed by atoms with Crippen LogP contribution in [0.3, 0.4) is 0 Å². The van der Waals surface area contributed by atoms with E-state index < -0.39 is 0 Å². The maximum atomic E-state index is 12.5. The highest BCUT2D eigenvalue weighted by molar-refractivity contribution is 5.78. The number of likely N-dealkylation sites (tertiary alicyclic amines) is 1. The van der Waals surface area contributed by atoms with Crippen LogP contribution in [0, 0.1) is 6.92 Å².